The van der Waals surface area contributed by atoms with Gasteiger partial charge in [0, 0.05) is 27.5 Å². The molecule has 274 valence electrons. The van der Waals surface area contributed by atoms with Gasteiger partial charge in [0.15, 0.2) is 17.5 Å². The van der Waals surface area contributed by atoms with Crippen LogP contribution in [-0.2, 0) is 0 Å². The van der Waals surface area contributed by atoms with Crippen LogP contribution in [0.15, 0.2) is 205 Å². The number of hydrogen-bond acceptors (Lipinski definition) is 4. The minimum Gasteiger partial charge on any atom is -0.456 e. The molecule has 0 radical (unpaired) electrons. The van der Waals surface area contributed by atoms with Gasteiger partial charge < -0.3 is 4.42 Å². The molecule has 0 amide bonds. The number of benzene rings is 10. The number of fused-ring (bicyclic) bond motifs is 10. The summed E-state index contributed by atoms with van der Waals surface area (Å²) in [6.45, 7) is 0. The molecule has 0 aliphatic heterocycles. The maximum absolute atomic E-state index is 6.65. The van der Waals surface area contributed by atoms with Crippen LogP contribution in [0.1, 0.15) is 0 Å². The summed E-state index contributed by atoms with van der Waals surface area (Å²) >= 11 is 0. The van der Waals surface area contributed by atoms with Crippen LogP contribution in [0.2, 0.25) is 0 Å². The normalized spacial score (nSPS) is 11.7. The Labute approximate surface area is 339 Å². The van der Waals surface area contributed by atoms with Gasteiger partial charge in [0.25, 0.3) is 0 Å². The Bertz CT molecular complexity index is 3570. The van der Waals surface area contributed by atoms with Gasteiger partial charge in [-0.3, -0.25) is 0 Å². The van der Waals surface area contributed by atoms with Gasteiger partial charge in [0.1, 0.15) is 11.2 Å². The highest BCUT2D eigenvalue weighted by Crippen LogP contribution is 2.41. The average molecular weight is 752 g/mol. The molecule has 59 heavy (non-hydrogen) atoms. The van der Waals surface area contributed by atoms with Crippen LogP contribution < -0.4 is 0 Å². The fourth-order valence-electron chi connectivity index (χ4n) is 8.80. The molecule has 0 spiro atoms. The average Bonchev–Trinajstić information content (AvgIpc) is 3.70. The van der Waals surface area contributed by atoms with Crippen molar-refractivity contribution in [1.29, 1.82) is 0 Å². The lowest BCUT2D eigenvalue weighted by Gasteiger charge is -2.12. The fourth-order valence-corrected chi connectivity index (χ4v) is 8.80. The van der Waals surface area contributed by atoms with E-state index in [1.54, 1.807) is 0 Å². The summed E-state index contributed by atoms with van der Waals surface area (Å²) in [5.74, 6) is 1.82. The monoisotopic (exact) mass is 751 g/mol. The molecule has 4 heteroatoms. The standard InChI is InChI=1S/C55H33N3O/c1-2-11-34(12-3-1)36-21-24-37(25-22-36)53-56-54(41-26-23-35-13-4-5-14-38(35)31-41)58-55(57-53)48-19-10-20-50-52(48)47-30-28-40(33-51(47)59-50)39-27-29-46-44-17-7-6-15-42(44)43-16-8-9-18-45(43)49(46)32-39/h1-33H. The maximum Gasteiger partial charge on any atom is 0.164 e. The summed E-state index contributed by atoms with van der Waals surface area (Å²) in [5.41, 5.74) is 8.87. The highest BCUT2D eigenvalue weighted by Gasteiger charge is 2.19. The summed E-state index contributed by atoms with van der Waals surface area (Å²) in [4.78, 5) is 15.5. The van der Waals surface area contributed by atoms with Crippen molar-refractivity contribution in [3.63, 3.8) is 0 Å². The van der Waals surface area contributed by atoms with E-state index in [9.17, 15) is 0 Å². The molecule has 0 saturated heterocycles. The third kappa shape index (κ3) is 5.57. The quantitative estimate of drug-likeness (QED) is 0.164. The highest BCUT2D eigenvalue weighted by atomic mass is 16.3. The highest BCUT2D eigenvalue weighted by molar-refractivity contribution is 6.25. The lowest BCUT2D eigenvalue weighted by Crippen LogP contribution is -2.00. The van der Waals surface area contributed by atoms with Crippen LogP contribution >= 0.6 is 0 Å². The van der Waals surface area contributed by atoms with Gasteiger partial charge >= 0.3 is 0 Å². The summed E-state index contributed by atoms with van der Waals surface area (Å²) in [5, 5.41) is 11.8. The Balaban J connectivity index is 1.01. The van der Waals surface area contributed by atoms with Gasteiger partial charge in [-0.15, -0.1) is 0 Å². The van der Waals surface area contributed by atoms with Crippen molar-refractivity contribution in [2.24, 2.45) is 0 Å². The minimum atomic E-state index is 0.594. The lowest BCUT2D eigenvalue weighted by molar-refractivity contribution is 0.669. The Morgan fingerprint density at radius 3 is 1.54 bits per heavy atom. The molecule has 0 fully saturated rings. The first-order valence-corrected chi connectivity index (χ1v) is 19.9. The fraction of sp³-hybridized carbons (Fsp3) is 0. The van der Waals surface area contributed by atoms with Gasteiger partial charge in [-0.1, -0.05) is 170 Å². The van der Waals surface area contributed by atoms with Gasteiger partial charge in [0.05, 0.1) is 0 Å². The van der Waals surface area contributed by atoms with Crippen LogP contribution in [0.5, 0.6) is 0 Å². The third-order valence-electron chi connectivity index (χ3n) is 11.7. The molecule has 0 bridgehead atoms. The van der Waals surface area contributed by atoms with Gasteiger partial charge in [-0.25, -0.2) is 15.0 Å². The van der Waals surface area contributed by atoms with Crippen molar-refractivity contribution in [3.8, 4) is 56.4 Å². The zero-order valence-corrected chi connectivity index (χ0v) is 31.8. The molecule has 12 rings (SSSR count). The first-order chi connectivity index (χ1) is 29.2. The zero-order valence-electron chi connectivity index (χ0n) is 31.8. The van der Waals surface area contributed by atoms with E-state index in [-0.39, 0.29) is 0 Å². The Hall–Kier alpha value is -7.95. The predicted octanol–water partition coefficient (Wildman–Crippen LogP) is 14.7. The second-order valence-electron chi connectivity index (χ2n) is 15.2. The Kier molecular flexibility index (Phi) is 7.50. The van der Waals surface area contributed by atoms with Crippen molar-refractivity contribution in [1.82, 2.24) is 15.0 Å². The zero-order chi connectivity index (χ0) is 38.9. The predicted molar refractivity (Wildman–Crippen MR) is 244 cm³/mol. The minimum absolute atomic E-state index is 0.594. The van der Waals surface area contributed by atoms with E-state index in [4.69, 9.17) is 19.4 Å². The van der Waals surface area contributed by atoms with Gasteiger partial charge in [-0.2, -0.15) is 0 Å². The van der Waals surface area contributed by atoms with E-state index in [1.165, 1.54) is 37.7 Å². The van der Waals surface area contributed by atoms with Crippen molar-refractivity contribution < 1.29 is 4.42 Å². The van der Waals surface area contributed by atoms with Crippen LogP contribution in [0.3, 0.4) is 0 Å². The summed E-state index contributed by atoms with van der Waals surface area (Å²) in [6, 6.07) is 70.5. The number of hydrogen-bond donors (Lipinski definition) is 0. The van der Waals surface area contributed by atoms with Crippen LogP contribution in [0.25, 0.3) is 121 Å². The SMILES string of the molecule is c1ccc(-c2ccc(-c3nc(-c4ccc5ccccc5c4)nc(-c4cccc5oc6cc(-c7ccc8c9ccccc9c9ccccc9c8c7)ccc6c45)n3)cc2)cc1. The van der Waals surface area contributed by atoms with Crippen LogP contribution in [0, 0.1) is 0 Å². The molecule has 10 aromatic carbocycles. The molecular weight excluding hydrogens is 719 g/mol. The van der Waals surface area contributed by atoms with E-state index in [0.29, 0.717) is 17.5 Å². The van der Waals surface area contributed by atoms with Gasteiger partial charge in [-0.05, 0) is 95.7 Å². The molecule has 2 aromatic heterocycles. The van der Waals surface area contributed by atoms with Crippen molar-refractivity contribution in [2.75, 3.05) is 0 Å². The second-order valence-corrected chi connectivity index (χ2v) is 15.2. The number of furan rings is 1. The molecule has 12 aromatic rings. The summed E-state index contributed by atoms with van der Waals surface area (Å²) in [7, 11) is 0. The molecule has 0 N–H and O–H groups in total. The summed E-state index contributed by atoms with van der Waals surface area (Å²) < 4.78 is 6.65. The van der Waals surface area contributed by atoms with Crippen LogP contribution in [-0.4, -0.2) is 15.0 Å². The Morgan fingerprint density at radius 2 is 0.797 bits per heavy atom. The number of rotatable bonds is 5. The molecule has 0 atom stereocenters. The third-order valence-corrected chi connectivity index (χ3v) is 11.7. The molecule has 0 aliphatic carbocycles. The molecular formula is C55H33N3O. The maximum atomic E-state index is 6.65. The first kappa shape index (κ1) is 33.2. The van der Waals surface area contributed by atoms with Crippen LogP contribution in [0.4, 0.5) is 0 Å². The van der Waals surface area contributed by atoms with E-state index < -0.39 is 0 Å². The van der Waals surface area contributed by atoms with Gasteiger partial charge in [0.2, 0.25) is 0 Å². The first-order valence-electron chi connectivity index (χ1n) is 19.9. The van der Waals surface area contributed by atoms with E-state index in [1.807, 2.05) is 18.2 Å². The topological polar surface area (TPSA) is 51.8 Å². The van der Waals surface area contributed by atoms with E-state index in [0.717, 1.165) is 66.3 Å². The van der Waals surface area contributed by atoms with Crippen molar-refractivity contribution >= 4 is 65.0 Å². The molecule has 4 nitrogen and oxygen atoms in total. The van der Waals surface area contributed by atoms with E-state index in [2.05, 4.69) is 182 Å². The lowest BCUT2D eigenvalue weighted by atomic mass is 9.92. The Morgan fingerprint density at radius 1 is 0.271 bits per heavy atom. The largest absolute Gasteiger partial charge is 0.456 e. The smallest absolute Gasteiger partial charge is 0.164 e. The second kappa shape index (κ2) is 13.3. The molecule has 0 aliphatic rings. The van der Waals surface area contributed by atoms with Crippen molar-refractivity contribution in [3.05, 3.63) is 200 Å². The van der Waals surface area contributed by atoms with E-state index >= 15 is 0 Å². The summed E-state index contributed by atoms with van der Waals surface area (Å²) in [6.07, 6.45) is 0. The molecule has 0 unspecified atom stereocenters. The molecule has 2 heterocycles. The van der Waals surface area contributed by atoms with Crippen molar-refractivity contribution in [2.45, 2.75) is 0 Å². The number of aromatic nitrogens is 3. The number of nitrogens with zero attached hydrogens (tertiary/aromatic N) is 3. The molecule has 0 saturated carbocycles.